The number of para-hydroxylation sites is 1. The summed E-state index contributed by atoms with van der Waals surface area (Å²) in [6.45, 7) is 2.65. The minimum absolute atomic E-state index is 0. The molecule has 0 spiro atoms. The zero-order valence-electron chi connectivity index (χ0n) is 7.51. The fraction of sp³-hybridized carbons (Fsp3) is 0.222. The molecule has 0 atom stereocenters. The van der Waals surface area contributed by atoms with E-state index in [1.807, 2.05) is 13.0 Å². The topological polar surface area (TPSA) is 35.4 Å². The van der Waals surface area contributed by atoms with E-state index >= 15 is 0 Å². The third kappa shape index (κ3) is 6.46. The molecule has 0 saturated heterocycles. The summed E-state index contributed by atoms with van der Waals surface area (Å²) >= 11 is 0. The van der Waals surface area contributed by atoms with Gasteiger partial charge in [-0.3, -0.25) is 4.99 Å². The number of nitrogens with zero attached hydrogens (tertiary/aromatic N) is 1. The first-order valence-electron chi connectivity index (χ1n) is 3.60. The van der Waals surface area contributed by atoms with Gasteiger partial charge >= 0.3 is 22.4 Å². The van der Waals surface area contributed by atoms with Gasteiger partial charge in [0.1, 0.15) is 0 Å². The Morgan fingerprint density at radius 1 is 1.29 bits per heavy atom. The number of aliphatic imine (C=N–C) groups is 1. The molecule has 0 aromatic heterocycles. The van der Waals surface area contributed by atoms with Gasteiger partial charge in [-0.2, -0.15) is 0 Å². The van der Waals surface area contributed by atoms with Gasteiger partial charge in [0.05, 0.1) is 0 Å². The van der Waals surface area contributed by atoms with E-state index in [0.717, 1.165) is 0 Å². The van der Waals surface area contributed by atoms with E-state index in [1.165, 1.54) is 6.07 Å². The Morgan fingerprint density at radius 3 is 2.36 bits per heavy atom. The molecule has 82 valence electrons. The standard InChI is InChI=1S/C9H11NO.Au.2ClH/c1-2-10-7-8-5-3-4-6-9(8)11;;;/h3-7,11H,2H2,1H3;;2*1H/q;+3;;/p-3. The largest absolute Gasteiger partial charge is 3.00 e. The van der Waals surface area contributed by atoms with Crippen LogP contribution >= 0.6 is 0 Å². The molecule has 0 fully saturated rings. The Morgan fingerprint density at radius 2 is 1.86 bits per heavy atom. The fourth-order valence-corrected chi connectivity index (χ4v) is 0.777. The zero-order chi connectivity index (χ0) is 8.10. The van der Waals surface area contributed by atoms with Gasteiger partial charge in [0, 0.05) is 12.8 Å². The molecule has 0 heterocycles. The van der Waals surface area contributed by atoms with Gasteiger partial charge in [0.2, 0.25) is 0 Å². The normalized spacial score (nSPS) is 8.36. The van der Waals surface area contributed by atoms with Crippen molar-refractivity contribution in [2.24, 2.45) is 4.99 Å². The molecular weight excluding hydrogens is 406 g/mol. The first-order valence-corrected chi connectivity index (χ1v) is 3.60. The van der Waals surface area contributed by atoms with E-state index in [4.69, 9.17) is 0 Å². The van der Waals surface area contributed by atoms with Crippen LogP contribution in [0.5, 0.6) is 5.75 Å². The van der Waals surface area contributed by atoms with Crippen molar-refractivity contribution in [3.8, 4) is 5.75 Å². The van der Waals surface area contributed by atoms with E-state index in [1.54, 1.807) is 18.3 Å². The molecule has 0 unspecified atom stereocenters. The SMILES string of the molecule is CCN=Cc1ccccc1[O-].[Au+3].[Cl-].[Cl-]. The number of rotatable bonds is 2. The van der Waals surface area contributed by atoms with Gasteiger partial charge < -0.3 is 29.9 Å². The van der Waals surface area contributed by atoms with Crippen LogP contribution < -0.4 is 29.9 Å². The maximum Gasteiger partial charge on any atom is 3.00 e. The summed E-state index contributed by atoms with van der Waals surface area (Å²) in [5.74, 6) is 0.0321. The first kappa shape index (κ1) is 19.6. The van der Waals surface area contributed by atoms with Gasteiger partial charge in [-0.15, -0.1) is 5.75 Å². The van der Waals surface area contributed by atoms with Crippen LogP contribution in [0.1, 0.15) is 12.5 Å². The Balaban J connectivity index is -0.000000403. The van der Waals surface area contributed by atoms with Gasteiger partial charge in [-0.1, -0.05) is 24.3 Å². The van der Waals surface area contributed by atoms with Gasteiger partial charge in [0.25, 0.3) is 0 Å². The quantitative estimate of drug-likeness (QED) is 0.353. The van der Waals surface area contributed by atoms with Crippen molar-refractivity contribution in [2.75, 3.05) is 6.54 Å². The Bertz CT molecular complexity index is 269. The van der Waals surface area contributed by atoms with Crippen molar-refractivity contribution in [1.29, 1.82) is 0 Å². The average Bonchev–Trinajstić information content (AvgIpc) is 2.03. The number of hydrogen-bond acceptors (Lipinski definition) is 2. The Hall–Kier alpha value is 0.0103. The van der Waals surface area contributed by atoms with E-state index in [9.17, 15) is 5.11 Å². The summed E-state index contributed by atoms with van der Waals surface area (Å²) in [6, 6.07) is 6.86. The summed E-state index contributed by atoms with van der Waals surface area (Å²) < 4.78 is 0. The summed E-state index contributed by atoms with van der Waals surface area (Å²) in [4.78, 5) is 3.98. The maximum absolute atomic E-state index is 11.0. The zero-order valence-corrected chi connectivity index (χ0v) is 11.2. The minimum atomic E-state index is 0. The molecule has 0 aliphatic heterocycles. The summed E-state index contributed by atoms with van der Waals surface area (Å²) in [6.07, 6.45) is 1.61. The van der Waals surface area contributed by atoms with Crippen LogP contribution in [0.3, 0.4) is 0 Å². The predicted molar refractivity (Wildman–Crippen MR) is 44.0 cm³/mol. The Kier molecular flexibility index (Phi) is 15.5. The van der Waals surface area contributed by atoms with Crippen molar-refractivity contribution in [3.05, 3.63) is 29.8 Å². The van der Waals surface area contributed by atoms with E-state index < -0.39 is 0 Å². The van der Waals surface area contributed by atoms with Crippen molar-refractivity contribution in [2.45, 2.75) is 6.92 Å². The van der Waals surface area contributed by atoms with Crippen molar-refractivity contribution < 1.29 is 52.3 Å². The summed E-state index contributed by atoms with van der Waals surface area (Å²) in [5, 5.41) is 11.0. The molecule has 5 heteroatoms. The van der Waals surface area contributed by atoms with E-state index in [-0.39, 0.29) is 52.9 Å². The summed E-state index contributed by atoms with van der Waals surface area (Å²) in [7, 11) is 0. The number of halogens is 2. The van der Waals surface area contributed by atoms with Crippen LogP contribution in [0.15, 0.2) is 29.3 Å². The molecule has 0 amide bonds. The fourth-order valence-electron chi connectivity index (χ4n) is 0.777. The van der Waals surface area contributed by atoms with Gasteiger partial charge in [-0.05, 0) is 12.5 Å². The number of benzene rings is 1. The molecule has 1 aromatic carbocycles. The van der Waals surface area contributed by atoms with Crippen LogP contribution in [0.2, 0.25) is 0 Å². The predicted octanol–water partition coefficient (Wildman–Crippen LogP) is -4.80. The molecule has 0 aliphatic rings. The summed E-state index contributed by atoms with van der Waals surface area (Å²) in [5.41, 5.74) is 0.661. The molecule has 0 bridgehead atoms. The molecule has 0 radical (unpaired) electrons. The second-order valence-corrected chi connectivity index (χ2v) is 2.17. The molecular formula is C9H10AuCl2NO. The molecule has 0 saturated carbocycles. The van der Waals surface area contributed by atoms with Crippen LogP contribution in [0.25, 0.3) is 0 Å². The molecule has 14 heavy (non-hydrogen) atoms. The smallest absolute Gasteiger partial charge is 1.00 e. The van der Waals surface area contributed by atoms with Crippen LogP contribution in [-0.4, -0.2) is 12.8 Å². The van der Waals surface area contributed by atoms with Crippen LogP contribution in [0.4, 0.5) is 0 Å². The Labute approximate surface area is 112 Å². The van der Waals surface area contributed by atoms with Crippen molar-refractivity contribution >= 4 is 6.21 Å². The van der Waals surface area contributed by atoms with Gasteiger partial charge in [0.15, 0.2) is 0 Å². The third-order valence-electron chi connectivity index (χ3n) is 1.33. The van der Waals surface area contributed by atoms with Gasteiger partial charge in [-0.25, -0.2) is 0 Å². The van der Waals surface area contributed by atoms with E-state index in [0.29, 0.717) is 12.1 Å². The van der Waals surface area contributed by atoms with Crippen molar-refractivity contribution in [1.82, 2.24) is 0 Å². The third-order valence-corrected chi connectivity index (χ3v) is 1.33. The second-order valence-electron chi connectivity index (χ2n) is 2.17. The molecule has 0 N–H and O–H groups in total. The molecule has 1 rings (SSSR count). The molecule has 2 nitrogen and oxygen atoms in total. The van der Waals surface area contributed by atoms with E-state index in [2.05, 4.69) is 4.99 Å². The van der Waals surface area contributed by atoms with Crippen molar-refractivity contribution in [3.63, 3.8) is 0 Å². The molecule has 1 aromatic rings. The van der Waals surface area contributed by atoms with Crippen LogP contribution in [-0.2, 0) is 22.4 Å². The average molecular weight is 416 g/mol. The second kappa shape index (κ2) is 11.1. The monoisotopic (exact) mass is 415 g/mol. The maximum atomic E-state index is 11.0. The van der Waals surface area contributed by atoms with Crippen LogP contribution in [0, 0.1) is 0 Å². The first-order chi connectivity index (χ1) is 5.34. The number of hydrogen-bond donors (Lipinski definition) is 0. The molecule has 0 aliphatic carbocycles. The minimum Gasteiger partial charge on any atom is -1.00 e.